The Morgan fingerprint density at radius 2 is 1.73 bits per heavy atom. The van der Waals surface area contributed by atoms with Crippen LogP contribution in [0.15, 0.2) is 48.5 Å². The molecular weight excluding hydrogens is 486 g/mol. The van der Waals surface area contributed by atoms with Gasteiger partial charge in [-0.25, -0.2) is 4.79 Å². The van der Waals surface area contributed by atoms with Crippen LogP contribution in [0.5, 0.6) is 0 Å². The van der Waals surface area contributed by atoms with Gasteiger partial charge in [0.05, 0.1) is 0 Å². The van der Waals surface area contributed by atoms with Crippen molar-refractivity contribution in [1.82, 2.24) is 10.2 Å². The van der Waals surface area contributed by atoms with Crippen molar-refractivity contribution in [3.8, 4) is 0 Å². The lowest BCUT2D eigenvalue weighted by Gasteiger charge is -2.35. The third-order valence-corrected chi connectivity index (χ3v) is 6.85. The molecule has 3 amide bonds. The molecule has 1 saturated carbocycles. The van der Waals surface area contributed by atoms with Gasteiger partial charge in [0.2, 0.25) is 5.91 Å². The lowest BCUT2D eigenvalue weighted by atomic mass is 10.00. The Hall–Kier alpha value is -3.00. The average Bonchev–Trinajstić information content (AvgIpc) is 3.56. The van der Waals surface area contributed by atoms with Crippen LogP contribution >= 0.6 is 12.6 Å². The summed E-state index contributed by atoms with van der Waals surface area (Å²) in [6.07, 6.45) is 0.944. The summed E-state index contributed by atoms with van der Waals surface area (Å²) in [5.41, 5.74) is 2.76. The predicted molar refractivity (Wildman–Crippen MR) is 150 cm³/mol. The van der Waals surface area contributed by atoms with E-state index in [2.05, 4.69) is 37.1 Å². The summed E-state index contributed by atoms with van der Waals surface area (Å²) in [7, 11) is 0. The molecule has 0 spiro atoms. The molecule has 37 heavy (non-hydrogen) atoms. The highest BCUT2D eigenvalue weighted by Crippen LogP contribution is 2.41. The molecule has 2 N–H and O–H groups in total. The minimum absolute atomic E-state index is 0.0661. The van der Waals surface area contributed by atoms with Crippen LogP contribution in [-0.2, 0) is 20.7 Å². The maximum atomic E-state index is 14.0. The fourth-order valence-electron chi connectivity index (χ4n) is 4.28. The van der Waals surface area contributed by atoms with E-state index < -0.39 is 23.8 Å². The van der Waals surface area contributed by atoms with Crippen LogP contribution in [0.25, 0.3) is 0 Å². The second-order valence-electron chi connectivity index (χ2n) is 10.7. The molecule has 1 aliphatic rings. The van der Waals surface area contributed by atoms with Gasteiger partial charge in [-0.05, 0) is 69.2 Å². The highest BCUT2D eigenvalue weighted by atomic mass is 32.1. The summed E-state index contributed by atoms with van der Waals surface area (Å²) in [6, 6.07) is 13.4. The number of thiol groups is 1. The van der Waals surface area contributed by atoms with Gasteiger partial charge in [0, 0.05) is 17.5 Å². The van der Waals surface area contributed by atoms with Crippen LogP contribution in [0.3, 0.4) is 0 Å². The topological polar surface area (TPSA) is 87.7 Å². The van der Waals surface area contributed by atoms with Crippen LogP contribution in [0.2, 0.25) is 0 Å². The Labute approximate surface area is 225 Å². The first kappa shape index (κ1) is 28.6. The zero-order chi connectivity index (χ0) is 27.3. The number of carbonyl (C=O) groups excluding carboxylic acids is 3. The molecular formula is C29H39N3O4S. The number of nitrogens with one attached hydrogen (secondary N) is 2. The van der Waals surface area contributed by atoms with Gasteiger partial charge in [0.15, 0.2) is 0 Å². The average molecular weight is 526 g/mol. The number of hydrogen-bond donors (Lipinski definition) is 3. The first-order valence-corrected chi connectivity index (χ1v) is 13.5. The van der Waals surface area contributed by atoms with Gasteiger partial charge in [-0.1, -0.05) is 56.3 Å². The lowest BCUT2D eigenvalue weighted by molar-refractivity contribution is -0.141. The SMILES string of the molecule is CCc1ccc(C(C(=O)Nc2ccccc2C)N(C(=O)C(CS)NC(=O)OC(C)(C)C)C2CC2C)cc1. The monoisotopic (exact) mass is 525 g/mol. The van der Waals surface area contributed by atoms with E-state index in [9.17, 15) is 14.4 Å². The number of para-hydroxylation sites is 1. The molecule has 0 radical (unpaired) electrons. The molecule has 4 unspecified atom stereocenters. The lowest BCUT2D eigenvalue weighted by Crippen LogP contribution is -2.54. The molecule has 8 heteroatoms. The van der Waals surface area contributed by atoms with Gasteiger partial charge in [-0.15, -0.1) is 0 Å². The molecule has 1 fully saturated rings. The molecule has 3 rings (SSSR count). The maximum absolute atomic E-state index is 14.0. The molecule has 0 bridgehead atoms. The van der Waals surface area contributed by atoms with E-state index in [-0.39, 0.29) is 29.5 Å². The van der Waals surface area contributed by atoms with Crippen molar-refractivity contribution in [2.24, 2.45) is 5.92 Å². The van der Waals surface area contributed by atoms with Crippen LogP contribution in [0.4, 0.5) is 10.5 Å². The zero-order valence-electron chi connectivity index (χ0n) is 22.6. The number of anilines is 1. The number of hydrogen-bond acceptors (Lipinski definition) is 5. The minimum atomic E-state index is -0.949. The third-order valence-electron chi connectivity index (χ3n) is 6.48. The maximum Gasteiger partial charge on any atom is 0.408 e. The molecule has 7 nitrogen and oxygen atoms in total. The Kier molecular flexibility index (Phi) is 9.29. The number of carbonyl (C=O) groups is 3. The Balaban J connectivity index is 1.99. The molecule has 0 saturated heterocycles. The van der Waals surface area contributed by atoms with E-state index in [4.69, 9.17) is 4.74 Å². The number of rotatable bonds is 9. The fourth-order valence-corrected chi connectivity index (χ4v) is 4.52. The van der Waals surface area contributed by atoms with Crippen LogP contribution < -0.4 is 10.6 Å². The summed E-state index contributed by atoms with van der Waals surface area (Å²) >= 11 is 4.36. The van der Waals surface area contributed by atoms with Gasteiger partial charge < -0.3 is 20.3 Å². The Morgan fingerprint density at radius 3 is 2.24 bits per heavy atom. The first-order valence-electron chi connectivity index (χ1n) is 12.8. The number of alkyl carbamates (subject to hydrolysis) is 1. The second-order valence-corrected chi connectivity index (χ2v) is 11.1. The highest BCUT2D eigenvalue weighted by molar-refractivity contribution is 7.80. The smallest absolute Gasteiger partial charge is 0.408 e. The summed E-state index contributed by atoms with van der Waals surface area (Å²) in [5.74, 6) is -0.369. The standard InChI is InChI=1S/C29H39N3O4S/c1-7-20-12-14-21(15-13-20)25(26(33)30-22-11-9-8-10-18(22)2)32(24-16-19(24)3)27(34)23(17-37)31-28(35)36-29(4,5)6/h8-15,19,23-25,37H,7,16-17H2,1-6H3,(H,30,33)(H,31,35). The van der Waals surface area contributed by atoms with E-state index in [1.54, 1.807) is 25.7 Å². The minimum Gasteiger partial charge on any atom is -0.444 e. The van der Waals surface area contributed by atoms with Crippen LogP contribution in [0.1, 0.15) is 63.8 Å². The van der Waals surface area contributed by atoms with Crippen molar-refractivity contribution in [1.29, 1.82) is 0 Å². The fraction of sp³-hybridized carbons (Fsp3) is 0.483. The molecule has 1 aliphatic carbocycles. The number of aryl methyl sites for hydroxylation is 2. The molecule has 2 aromatic carbocycles. The number of nitrogens with zero attached hydrogens (tertiary/aromatic N) is 1. The Bertz CT molecular complexity index is 1110. The van der Waals surface area contributed by atoms with Gasteiger partial charge >= 0.3 is 6.09 Å². The summed E-state index contributed by atoms with van der Waals surface area (Å²) in [5, 5.41) is 5.70. The van der Waals surface area contributed by atoms with Crippen molar-refractivity contribution in [2.75, 3.05) is 11.1 Å². The zero-order valence-corrected chi connectivity index (χ0v) is 23.5. The molecule has 0 heterocycles. The highest BCUT2D eigenvalue weighted by Gasteiger charge is 2.48. The number of amides is 3. The summed E-state index contributed by atoms with van der Waals surface area (Å²) in [4.78, 5) is 42.0. The van der Waals surface area contributed by atoms with E-state index in [1.807, 2.05) is 55.5 Å². The second kappa shape index (κ2) is 12.0. The van der Waals surface area contributed by atoms with Crippen molar-refractivity contribution >= 4 is 36.2 Å². The summed E-state index contributed by atoms with van der Waals surface area (Å²) in [6.45, 7) is 11.3. The van der Waals surface area contributed by atoms with E-state index in [1.165, 1.54) is 0 Å². The number of benzene rings is 2. The molecule has 0 aromatic heterocycles. The molecule has 4 atom stereocenters. The van der Waals surface area contributed by atoms with Crippen molar-refractivity contribution < 1.29 is 19.1 Å². The van der Waals surface area contributed by atoms with Gasteiger partial charge in [-0.2, -0.15) is 12.6 Å². The third kappa shape index (κ3) is 7.51. The number of ether oxygens (including phenoxy) is 1. The van der Waals surface area contributed by atoms with Gasteiger partial charge in [0.1, 0.15) is 17.7 Å². The molecule has 2 aromatic rings. The summed E-state index contributed by atoms with van der Waals surface area (Å²) < 4.78 is 5.37. The van der Waals surface area contributed by atoms with E-state index >= 15 is 0 Å². The largest absolute Gasteiger partial charge is 0.444 e. The predicted octanol–water partition coefficient (Wildman–Crippen LogP) is 5.30. The van der Waals surface area contributed by atoms with Gasteiger partial charge in [0.25, 0.3) is 5.91 Å². The molecule has 0 aliphatic heterocycles. The quantitative estimate of drug-likeness (QED) is 0.388. The van der Waals surface area contributed by atoms with Crippen LogP contribution in [0, 0.1) is 12.8 Å². The normalized spacial score (nSPS) is 18.4. The van der Waals surface area contributed by atoms with Crippen molar-refractivity contribution in [3.05, 3.63) is 65.2 Å². The Morgan fingerprint density at radius 1 is 1.11 bits per heavy atom. The molecule has 200 valence electrons. The first-order chi connectivity index (χ1) is 17.4. The van der Waals surface area contributed by atoms with Crippen molar-refractivity contribution in [3.63, 3.8) is 0 Å². The van der Waals surface area contributed by atoms with E-state index in [0.717, 1.165) is 24.0 Å². The van der Waals surface area contributed by atoms with Crippen LogP contribution in [-0.4, -0.2) is 46.2 Å². The van der Waals surface area contributed by atoms with E-state index in [0.29, 0.717) is 11.3 Å². The van der Waals surface area contributed by atoms with Gasteiger partial charge in [-0.3, -0.25) is 9.59 Å². The van der Waals surface area contributed by atoms with Crippen molar-refractivity contribution in [2.45, 2.75) is 78.1 Å².